The average molecular weight is 1680 g/mol. The Kier molecular flexibility index (Phi) is 18.4. The van der Waals surface area contributed by atoms with E-state index in [1.165, 1.54) is 126 Å². The van der Waals surface area contributed by atoms with Crippen molar-refractivity contribution < 1.29 is 0 Å². The molecule has 0 radical (unpaired) electrons. The highest BCUT2D eigenvalue weighted by atomic mass is 15.0. The zero-order valence-electron chi connectivity index (χ0n) is 72.9. The summed E-state index contributed by atoms with van der Waals surface area (Å²) in [6.07, 6.45) is 5.69. The third-order valence-electron chi connectivity index (χ3n) is 27.1. The summed E-state index contributed by atoms with van der Waals surface area (Å²) in [5, 5.41) is 15.6. The quantitative estimate of drug-likeness (QED) is 0.127. The largest absolute Gasteiger partial charge is 0.256 e. The van der Waals surface area contributed by atoms with E-state index in [4.69, 9.17) is 54.8 Å². The number of pyridine rings is 3. The molecule has 0 saturated heterocycles. The van der Waals surface area contributed by atoms with E-state index < -0.39 is 0 Å². The first-order valence-corrected chi connectivity index (χ1v) is 44.7. The maximum Gasteiger partial charge on any atom is 0.164 e. The Morgan fingerprint density at radius 3 is 0.740 bits per heavy atom. The van der Waals surface area contributed by atoms with Crippen LogP contribution in [-0.2, 0) is 16.2 Å². The third-order valence-corrected chi connectivity index (χ3v) is 27.1. The minimum Gasteiger partial charge on any atom is -0.256 e. The van der Waals surface area contributed by atoms with Crippen LogP contribution < -0.4 is 0 Å². The summed E-state index contributed by atoms with van der Waals surface area (Å²) in [6, 6.07) is 132. The predicted octanol–water partition coefficient (Wildman–Crippen LogP) is 29.6. The molecule has 618 valence electrons. The Labute approximate surface area is 757 Å². The highest BCUT2D eigenvalue weighted by Gasteiger charge is 2.43. The average Bonchev–Trinajstić information content (AvgIpc) is 1.56. The predicted molar refractivity (Wildman–Crippen MR) is 537 cm³/mol. The lowest BCUT2D eigenvalue weighted by atomic mass is 9.79. The molecule has 17 aromatic carbocycles. The van der Waals surface area contributed by atoms with E-state index >= 15 is 0 Å². The lowest BCUT2D eigenvalue weighted by Crippen LogP contribution is -2.16. The fourth-order valence-corrected chi connectivity index (χ4v) is 20.9. The smallest absolute Gasteiger partial charge is 0.164 e. The molecule has 0 fully saturated rings. The summed E-state index contributed by atoms with van der Waals surface area (Å²) in [7, 11) is 0. The van der Waals surface area contributed by atoms with Gasteiger partial charge in [-0.05, 0) is 159 Å². The van der Waals surface area contributed by atoms with Gasteiger partial charge in [0.15, 0.2) is 40.8 Å². The molecular weight excluding hydrogens is 1600 g/mol. The number of nitrogens with zero attached hydrogens (tertiary/aromatic N) is 11. The fraction of sp³-hybridized carbons (Fsp3) is 0.0750. The minimum atomic E-state index is -0.263. The molecule has 11 heteroatoms. The molecule has 0 bridgehead atoms. The zero-order valence-corrected chi connectivity index (χ0v) is 72.9. The number of benzene rings is 17. The van der Waals surface area contributed by atoms with Gasteiger partial charge in [0.05, 0.1) is 27.9 Å². The van der Waals surface area contributed by atoms with E-state index in [-0.39, 0.29) is 16.2 Å². The lowest BCUT2D eigenvalue weighted by Gasteiger charge is -2.24. The normalized spacial score (nSPS) is 13.3. The molecule has 0 amide bonds. The van der Waals surface area contributed by atoms with Crippen molar-refractivity contribution >= 4 is 86.6 Å². The van der Waals surface area contributed by atoms with Gasteiger partial charge in [-0.25, -0.2) is 39.9 Å². The van der Waals surface area contributed by atoms with Crippen molar-refractivity contribution in [3.63, 3.8) is 0 Å². The highest BCUT2D eigenvalue weighted by molar-refractivity contribution is 6.20. The van der Waals surface area contributed by atoms with E-state index in [0.717, 1.165) is 94.6 Å². The van der Waals surface area contributed by atoms with Crippen LogP contribution in [0.3, 0.4) is 0 Å². The van der Waals surface area contributed by atoms with Crippen LogP contribution in [0.5, 0.6) is 0 Å². The molecule has 0 atom stereocenters. The number of hydrogen-bond donors (Lipinski definition) is 0. The maximum atomic E-state index is 5.16. The van der Waals surface area contributed by atoms with Crippen LogP contribution in [0.1, 0.15) is 74.9 Å². The van der Waals surface area contributed by atoms with Gasteiger partial charge >= 0.3 is 0 Å². The summed E-state index contributed by atoms with van der Waals surface area (Å²) in [6.45, 7) is 14.0. The first kappa shape index (κ1) is 77.9. The Balaban J connectivity index is 0.000000109. The molecule has 11 nitrogen and oxygen atoms in total. The Bertz CT molecular complexity index is 8110. The number of rotatable bonds is 9. The van der Waals surface area contributed by atoms with Crippen LogP contribution in [0.15, 0.2) is 395 Å². The molecule has 26 rings (SSSR count). The van der Waals surface area contributed by atoms with Crippen LogP contribution in [0.25, 0.3) is 222 Å². The Morgan fingerprint density at radius 2 is 0.420 bits per heavy atom. The van der Waals surface area contributed by atoms with Crippen LogP contribution in [0, 0.1) is 0 Å². The van der Waals surface area contributed by atoms with Gasteiger partial charge in [0.25, 0.3) is 0 Å². The third kappa shape index (κ3) is 13.0. The topological polar surface area (TPSA) is 142 Å². The molecule has 3 aliphatic carbocycles. The second kappa shape index (κ2) is 30.9. The van der Waals surface area contributed by atoms with Crippen LogP contribution in [-0.4, -0.2) is 54.8 Å². The number of fused-ring (bicyclic) bond motifs is 26. The summed E-state index contributed by atoms with van der Waals surface area (Å²) in [4.78, 5) is 55.0. The van der Waals surface area contributed by atoms with Gasteiger partial charge in [0.1, 0.15) is 0 Å². The van der Waals surface area contributed by atoms with E-state index in [1.54, 1.807) is 0 Å². The summed E-state index contributed by atoms with van der Waals surface area (Å²) in [5.41, 5.74) is 28.8. The van der Waals surface area contributed by atoms with E-state index in [9.17, 15) is 0 Å². The van der Waals surface area contributed by atoms with Crippen molar-refractivity contribution in [3.05, 3.63) is 428 Å². The van der Waals surface area contributed by atoms with Crippen molar-refractivity contribution in [3.8, 4) is 136 Å². The van der Waals surface area contributed by atoms with Gasteiger partial charge in [-0.3, -0.25) is 15.0 Å². The lowest BCUT2D eigenvalue weighted by molar-refractivity contribution is 0.666. The summed E-state index contributed by atoms with van der Waals surface area (Å²) < 4.78 is 0. The highest BCUT2D eigenvalue weighted by Crippen LogP contribution is 2.59. The van der Waals surface area contributed by atoms with E-state index in [1.807, 2.05) is 97.5 Å². The van der Waals surface area contributed by atoms with Crippen molar-refractivity contribution in [1.29, 1.82) is 0 Å². The molecule has 6 aromatic heterocycles. The summed E-state index contributed by atoms with van der Waals surface area (Å²) >= 11 is 0. The zero-order chi connectivity index (χ0) is 87.8. The molecule has 3 aliphatic rings. The Morgan fingerprint density at radius 1 is 0.176 bits per heavy atom. The summed E-state index contributed by atoms with van der Waals surface area (Å²) in [5.74, 6) is 4.71. The van der Waals surface area contributed by atoms with Crippen molar-refractivity contribution in [1.82, 2.24) is 54.8 Å². The molecule has 131 heavy (non-hydrogen) atoms. The number of hydrogen-bond acceptors (Lipinski definition) is 11. The van der Waals surface area contributed by atoms with Crippen LogP contribution in [0.4, 0.5) is 0 Å². The van der Waals surface area contributed by atoms with Crippen LogP contribution in [0.2, 0.25) is 0 Å². The first-order chi connectivity index (χ1) is 64.2. The SMILES string of the molecule is CC1(C)c2cc(-c3nc(-c4ccc5ccccc5c4)nc(-c4ccc5ccccc5c4)n3)ccc2-c2c1c1cccnc1c1ccccc21.CC1(C)c2cc(-c3nc(-c4ccccc4)cc(-c4ccccc4)n3)ccc2-c2c1c1cccnc1c1ccccc21.CC1(C)c2cc(-c3nc(-c4ccccc4)nc(-c4ccccc4)n3)ccc2-c2c1c1cccnc1c1ccccc21. The Hall–Kier alpha value is -16.6. The van der Waals surface area contributed by atoms with Gasteiger partial charge in [0, 0.05) is 117 Å². The molecule has 6 heterocycles. The molecule has 0 saturated carbocycles. The van der Waals surface area contributed by atoms with Crippen molar-refractivity contribution in [2.75, 3.05) is 0 Å². The van der Waals surface area contributed by atoms with E-state index in [2.05, 4.69) is 339 Å². The molecule has 23 aromatic rings. The second-order valence-corrected chi connectivity index (χ2v) is 35.9. The molecular formula is C120H83N11. The second-order valence-electron chi connectivity index (χ2n) is 35.9. The maximum absolute atomic E-state index is 5.16. The fourth-order valence-electron chi connectivity index (χ4n) is 20.9. The van der Waals surface area contributed by atoms with Gasteiger partial charge in [0.2, 0.25) is 0 Å². The first-order valence-electron chi connectivity index (χ1n) is 44.7. The van der Waals surface area contributed by atoms with Crippen molar-refractivity contribution in [2.45, 2.75) is 57.8 Å². The van der Waals surface area contributed by atoms with Crippen molar-refractivity contribution in [2.24, 2.45) is 0 Å². The monoisotopic (exact) mass is 1680 g/mol. The molecule has 0 spiro atoms. The van der Waals surface area contributed by atoms with Gasteiger partial charge in [-0.15, -0.1) is 0 Å². The van der Waals surface area contributed by atoms with Crippen LogP contribution >= 0.6 is 0 Å². The van der Waals surface area contributed by atoms with E-state index in [0.29, 0.717) is 34.9 Å². The van der Waals surface area contributed by atoms with Gasteiger partial charge in [-0.2, -0.15) is 0 Å². The molecule has 0 unspecified atom stereocenters. The molecule has 0 N–H and O–H groups in total. The number of aromatic nitrogens is 11. The van der Waals surface area contributed by atoms with Gasteiger partial charge < -0.3 is 0 Å². The van der Waals surface area contributed by atoms with Gasteiger partial charge in [-0.1, -0.05) is 363 Å². The standard InChI is InChI=1S/C45H30N4.C38H27N3.C37H26N4/c1-45(2)38-26-33(21-22-36(38)39-34-14-7-8-15-35(34)41-37(40(39)45)16-9-23-46-41)44-48-42(31-19-17-27-10-3-5-12-29(27)24-31)47-43(49-44)32-20-18-28-11-4-6-13-30(28)25-32;1-38(2)31-22-26(37-40-32(24-12-5-3-6-13-24)23-33(41-37)25-14-7-4-8-15-25)19-20-29(31)34-27-16-9-10-17-28(27)36-30(35(34)38)18-11-21-39-36;1-37(2)30-22-25(36-40-34(23-12-5-3-6-13-23)39-35(41-36)24-14-7-4-8-15-24)19-20-28(30)31-26-16-9-10-17-27(26)33-29(32(31)37)18-11-21-38-33/h3-26H,1-2H3;3-23H,1-2H3;3-22H,1-2H3. The molecule has 0 aliphatic heterocycles. The minimum absolute atomic E-state index is 0.217.